The van der Waals surface area contributed by atoms with E-state index in [1.54, 1.807) is 22.9 Å². The van der Waals surface area contributed by atoms with Gasteiger partial charge in [-0.15, -0.1) is 0 Å². The van der Waals surface area contributed by atoms with Crippen LogP contribution in [0.2, 0.25) is 0 Å². The van der Waals surface area contributed by atoms with E-state index in [0.29, 0.717) is 34.9 Å². The average Bonchev–Trinajstić information content (AvgIpc) is 3.30. The molecule has 3 N–H and O–H groups in total. The van der Waals surface area contributed by atoms with Gasteiger partial charge in [-0.1, -0.05) is 0 Å². The highest BCUT2D eigenvalue weighted by Gasteiger charge is 2.22. The molecule has 7 nitrogen and oxygen atoms in total. The van der Waals surface area contributed by atoms with Gasteiger partial charge in [-0.05, 0) is 18.2 Å². The van der Waals surface area contributed by atoms with Crippen molar-refractivity contribution >= 4 is 11.8 Å². The van der Waals surface area contributed by atoms with E-state index in [-0.39, 0.29) is 5.56 Å². The predicted octanol–water partition coefficient (Wildman–Crippen LogP) is 2.47. The summed E-state index contributed by atoms with van der Waals surface area (Å²) in [4.78, 5) is 13.4. The van der Waals surface area contributed by atoms with Gasteiger partial charge in [0.2, 0.25) is 5.95 Å². The first-order chi connectivity index (χ1) is 14.2. The zero-order valence-corrected chi connectivity index (χ0v) is 15.5. The number of aromatic nitrogens is 4. The first-order valence-electron chi connectivity index (χ1n) is 9.51. The first-order valence-corrected chi connectivity index (χ1v) is 9.51. The third-order valence-corrected chi connectivity index (χ3v) is 5.12. The summed E-state index contributed by atoms with van der Waals surface area (Å²) in [6.45, 7) is 2.15. The average molecular weight is 397 g/mol. The quantitative estimate of drug-likeness (QED) is 0.553. The van der Waals surface area contributed by atoms with Gasteiger partial charge in [0.1, 0.15) is 29.3 Å². The fourth-order valence-corrected chi connectivity index (χ4v) is 3.71. The standard InChI is InChI=1S/C20H18F2N6O/c21-12-1-2-14(15(22)11-12)17-18(28-9-10-29-20(28)27-17)16-5-8-24-19(26-16)25-13-3-6-23-7-4-13/h1-2,5,8-11,13,23H,3-4,6-7H2,(H,24,25,26)/p+1. The minimum absolute atomic E-state index is 0.177. The molecule has 9 heteroatoms. The second kappa shape index (κ2) is 7.25. The Labute approximate surface area is 164 Å². The Morgan fingerprint density at radius 1 is 1.14 bits per heavy atom. The molecule has 1 aromatic carbocycles. The van der Waals surface area contributed by atoms with E-state index in [0.717, 1.165) is 32.0 Å². The molecule has 3 aromatic heterocycles. The summed E-state index contributed by atoms with van der Waals surface area (Å²) < 4.78 is 35.0. The first kappa shape index (κ1) is 17.7. The zero-order chi connectivity index (χ0) is 19.8. The topological polar surface area (TPSA) is 84.9 Å². The smallest absolute Gasteiger partial charge is 0.306 e. The van der Waals surface area contributed by atoms with Gasteiger partial charge in [-0.2, -0.15) is 4.98 Å². The third kappa shape index (κ3) is 3.33. The molecule has 0 atom stereocenters. The molecule has 1 fully saturated rings. The molecule has 4 heterocycles. The summed E-state index contributed by atoms with van der Waals surface area (Å²) in [5.41, 5.74) is 1.63. The Kier molecular flexibility index (Phi) is 4.44. The number of oxazole rings is 1. The summed E-state index contributed by atoms with van der Waals surface area (Å²) in [6.07, 6.45) is 6.92. The number of hydrogen-bond acceptors (Lipinski definition) is 5. The molecule has 1 saturated heterocycles. The molecule has 0 saturated carbocycles. The molecule has 1 aliphatic heterocycles. The summed E-state index contributed by atoms with van der Waals surface area (Å²) >= 11 is 0. The SMILES string of the molecule is Fc1ccc(-c2nc3occn3c2-c2ccnc(NC3CC[NH2+]CC3)n2)c(F)c1. The Balaban J connectivity index is 1.59. The highest BCUT2D eigenvalue weighted by molar-refractivity contribution is 5.80. The lowest BCUT2D eigenvalue weighted by atomic mass is 10.1. The summed E-state index contributed by atoms with van der Waals surface area (Å²) in [5, 5.41) is 5.68. The fourth-order valence-electron chi connectivity index (χ4n) is 3.71. The molecular formula is C20H19F2N6O+. The summed E-state index contributed by atoms with van der Waals surface area (Å²) in [6, 6.07) is 5.48. The fraction of sp³-hybridized carbons (Fsp3) is 0.250. The van der Waals surface area contributed by atoms with Crippen molar-refractivity contribution in [3.8, 4) is 22.6 Å². The molecule has 148 valence electrons. The minimum Gasteiger partial charge on any atom is -0.432 e. The van der Waals surface area contributed by atoms with Crippen molar-refractivity contribution in [1.29, 1.82) is 0 Å². The highest BCUT2D eigenvalue weighted by atomic mass is 19.1. The number of imidazole rings is 1. The second-order valence-corrected chi connectivity index (χ2v) is 7.04. The van der Waals surface area contributed by atoms with Crippen LogP contribution < -0.4 is 10.6 Å². The van der Waals surface area contributed by atoms with Gasteiger partial charge in [0.15, 0.2) is 0 Å². The maximum Gasteiger partial charge on any atom is 0.306 e. The molecule has 0 spiro atoms. The number of piperidine rings is 1. The number of halogens is 2. The molecule has 0 aliphatic carbocycles. The lowest BCUT2D eigenvalue weighted by molar-refractivity contribution is -0.662. The maximum absolute atomic E-state index is 14.5. The maximum atomic E-state index is 14.5. The number of nitrogens with one attached hydrogen (secondary N) is 1. The van der Waals surface area contributed by atoms with E-state index < -0.39 is 11.6 Å². The molecule has 5 rings (SSSR count). The van der Waals surface area contributed by atoms with Crippen molar-refractivity contribution in [3.05, 3.63) is 54.6 Å². The Morgan fingerprint density at radius 3 is 2.83 bits per heavy atom. The van der Waals surface area contributed by atoms with E-state index in [2.05, 4.69) is 25.6 Å². The van der Waals surface area contributed by atoms with Crippen LogP contribution in [0.25, 0.3) is 28.5 Å². The lowest BCUT2D eigenvalue weighted by Crippen LogP contribution is -2.87. The molecule has 4 aromatic rings. The predicted molar refractivity (Wildman–Crippen MR) is 102 cm³/mol. The number of fused-ring (bicyclic) bond motifs is 1. The van der Waals surface area contributed by atoms with Gasteiger partial charge in [-0.3, -0.25) is 4.40 Å². The Morgan fingerprint density at radius 2 is 2.00 bits per heavy atom. The van der Waals surface area contributed by atoms with E-state index in [4.69, 9.17) is 4.42 Å². The number of quaternary nitrogens is 1. The lowest BCUT2D eigenvalue weighted by Gasteiger charge is -2.21. The molecule has 0 radical (unpaired) electrons. The van der Waals surface area contributed by atoms with Crippen molar-refractivity contribution in [1.82, 2.24) is 19.4 Å². The normalized spacial score (nSPS) is 15.1. The Hall–Kier alpha value is -3.33. The van der Waals surface area contributed by atoms with Crippen LogP contribution in [-0.4, -0.2) is 38.5 Å². The largest absolute Gasteiger partial charge is 0.432 e. The van der Waals surface area contributed by atoms with Crippen molar-refractivity contribution in [2.75, 3.05) is 18.4 Å². The second-order valence-electron chi connectivity index (χ2n) is 7.04. The van der Waals surface area contributed by atoms with Crippen LogP contribution in [0.15, 0.2) is 47.3 Å². The van der Waals surface area contributed by atoms with Gasteiger partial charge in [0.25, 0.3) is 0 Å². The van der Waals surface area contributed by atoms with E-state index in [1.165, 1.54) is 18.4 Å². The van der Waals surface area contributed by atoms with Crippen LogP contribution in [0, 0.1) is 11.6 Å². The van der Waals surface area contributed by atoms with Gasteiger partial charge in [-0.25, -0.2) is 18.7 Å². The summed E-state index contributed by atoms with van der Waals surface area (Å²) in [7, 11) is 0. The summed E-state index contributed by atoms with van der Waals surface area (Å²) in [5.74, 6) is -0.528. The van der Waals surface area contributed by atoms with Crippen molar-refractivity contribution in [2.45, 2.75) is 18.9 Å². The van der Waals surface area contributed by atoms with Gasteiger partial charge < -0.3 is 15.1 Å². The number of hydrogen-bond donors (Lipinski definition) is 2. The minimum atomic E-state index is -0.696. The molecule has 29 heavy (non-hydrogen) atoms. The molecule has 0 amide bonds. The van der Waals surface area contributed by atoms with Crippen LogP contribution in [0.5, 0.6) is 0 Å². The Bertz CT molecular complexity index is 1160. The molecule has 1 aliphatic rings. The van der Waals surface area contributed by atoms with Crippen molar-refractivity contribution < 1.29 is 18.5 Å². The van der Waals surface area contributed by atoms with Crippen LogP contribution in [0.1, 0.15) is 12.8 Å². The zero-order valence-electron chi connectivity index (χ0n) is 15.5. The number of nitrogens with zero attached hydrogens (tertiary/aromatic N) is 4. The highest BCUT2D eigenvalue weighted by Crippen LogP contribution is 2.34. The molecule has 0 bridgehead atoms. The van der Waals surface area contributed by atoms with Crippen LogP contribution in [0.4, 0.5) is 14.7 Å². The van der Waals surface area contributed by atoms with Crippen LogP contribution in [-0.2, 0) is 0 Å². The van der Waals surface area contributed by atoms with E-state index in [1.807, 2.05) is 0 Å². The molecule has 0 unspecified atom stereocenters. The van der Waals surface area contributed by atoms with Crippen molar-refractivity contribution in [2.24, 2.45) is 0 Å². The van der Waals surface area contributed by atoms with E-state index >= 15 is 0 Å². The van der Waals surface area contributed by atoms with Crippen LogP contribution in [0.3, 0.4) is 0 Å². The van der Waals surface area contributed by atoms with E-state index in [9.17, 15) is 8.78 Å². The number of rotatable bonds is 4. The number of anilines is 1. The molecular weight excluding hydrogens is 378 g/mol. The number of nitrogens with two attached hydrogens (primary N) is 1. The van der Waals surface area contributed by atoms with Crippen LogP contribution >= 0.6 is 0 Å². The monoisotopic (exact) mass is 397 g/mol. The van der Waals surface area contributed by atoms with Gasteiger partial charge in [0, 0.05) is 42.9 Å². The van der Waals surface area contributed by atoms with Gasteiger partial charge in [0.05, 0.1) is 18.8 Å². The van der Waals surface area contributed by atoms with Crippen molar-refractivity contribution in [3.63, 3.8) is 0 Å². The number of benzene rings is 1. The third-order valence-electron chi connectivity index (χ3n) is 5.12. The van der Waals surface area contributed by atoms with Gasteiger partial charge >= 0.3 is 5.84 Å².